The number of halogens is 3. The molecule has 20 heavy (non-hydrogen) atoms. The third-order valence-corrected chi connectivity index (χ3v) is 3.96. The molecule has 7 heteroatoms. The highest BCUT2D eigenvalue weighted by molar-refractivity contribution is 5.81. The Labute approximate surface area is 112 Å². The summed E-state index contributed by atoms with van der Waals surface area (Å²) in [4.78, 5) is 11.1. The van der Waals surface area contributed by atoms with Crippen LogP contribution < -0.4 is 4.74 Å². The maximum atomic E-state index is 12.1. The minimum absolute atomic E-state index is 0.277. The van der Waals surface area contributed by atoms with Gasteiger partial charge in [0.2, 0.25) is 0 Å². The van der Waals surface area contributed by atoms with Crippen molar-refractivity contribution >= 4 is 5.97 Å². The Balaban J connectivity index is 1.76. The van der Waals surface area contributed by atoms with Gasteiger partial charge in [-0.3, -0.25) is 0 Å². The Morgan fingerprint density at radius 2 is 1.85 bits per heavy atom. The number of hydrogen-bond donors (Lipinski definition) is 1. The molecule has 1 aromatic rings. The predicted molar refractivity (Wildman–Crippen MR) is 60.4 cm³/mol. The number of fused-ring (bicyclic) bond motifs is 1. The van der Waals surface area contributed by atoms with Crippen LogP contribution in [-0.4, -0.2) is 29.6 Å². The molecule has 2 aliphatic heterocycles. The third kappa shape index (κ3) is 1.93. The van der Waals surface area contributed by atoms with E-state index in [0.29, 0.717) is 12.8 Å². The van der Waals surface area contributed by atoms with Crippen molar-refractivity contribution in [3.8, 4) is 5.75 Å². The van der Waals surface area contributed by atoms with Crippen LogP contribution in [0, 0.1) is 0 Å². The van der Waals surface area contributed by atoms with E-state index in [9.17, 15) is 18.0 Å². The molecule has 1 N–H and O–H groups in total. The quantitative estimate of drug-likeness (QED) is 0.928. The van der Waals surface area contributed by atoms with Crippen LogP contribution in [0.25, 0.3) is 0 Å². The van der Waals surface area contributed by atoms with Gasteiger partial charge in [-0.25, -0.2) is 4.79 Å². The van der Waals surface area contributed by atoms with Crippen molar-refractivity contribution in [2.24, 2.45) is 0 Å². The molecule has 4 rings (SSSR count). The summed E-state index contributed by atoms with van der Waals surface area (Å²) in [5.41, 5.74) is -0.725. The number of carboxylic acids is 1. The summed E-state index contributed by atoms with van der Waals surface area (Å²) in [5.74, 6) is -1.27. The van der Waals surface area contributed by atoms with Crippen LogP contribution in [0.4, 0.5) is 13.2 Å². The maximum absolute atomic E-state index is 12.1. The van der Waals surface area contributed by atoms with Gasteiger partial charge in [-0.05, 0) is 30.5 Å². The van der Waals surface area contributed by atoms with Crippen LogP contribution in [-0.2, 0) is 14.9 Å². The summed E-state index contributed by atoms with van der Waals surface area (Å²) < 4.78 is 45.3. The third-order valence-electron chi connectivity index (χ3n) is 3.96. The van der Waals surface area contributed by atoms with E-state index < -0.39 is 23.3 Å². The van der Waals surface area contributed by atoms with E-state index in [2.05, 4.69) is 4.74 Å². The largest absolute Gasteiger partial charge is 0.573 e. The monoisotopic (exact) mass is 288 g/mol. The zero-order chi connectivity index (χ0) is 14.6. The molecule has 4 nitrogen and oxygen atoms in total. The molecule has 0 amide bonds. The molecule has 108 valence electrons. The van der Waals surface area contributed by atoms with E-state index in [1.165, 1.54) is 24.3 Å². The fourth-order valence-electron chi connectivity index (χ4n) is 3.03. The lowest BCUT2D eigenvalue weighted by Crippen LogP contribution is -2.52. The first-order valence-corrected chi connectivity index (χ1v) is 5.98. The molecule has 0 spiro atoms. The summed E-state index contributed by atoms with van der Waals surface area (Å²) in [6.45, 7) is 0.277. The molecule has 0 radical (unpaired) electrons. The average Bonchev–Trinajstić information content (AvgIpc) is 2.84. The van der Waals surface area contributed by atoms with Crippen molar-refractivity contribution in [2.75, 3.05) is 6.61 Å². The molecule has 0 aromatic heterocycles. The second-order valence-corrected chi connectivity index (χ2v) is 5.29. The lowest BCUT2D eigenvalue weighted by atomic mass is 9.59. The highest BCUT2D eigenvalue weighted by atomic mass is 19.4. The summed E-state index contributed by atoms with van der Waals surface area (Å²) in [6, 6.07) is 5.52. The van der Waals surface area contributed by atoms with Crippen LogP contribution in [0.15, 0.2) is 24.3 Å². The van der Waals surface area contributed by atoms with Crippen molar-refractivity contribution in [2.45, 2.75) is 30.2 Å². The number of aliphatic carboxylic acids is 1. The van der Waals surface area contributed by atoms with Gasteiger partial charge in [0.25, 0.3) is 0 Å². The Morgan fingerprint density at radius 1 is 1.25 bits per heavy atom. The lowest BCUT2D eigenvalue weighted by Gasteiger charge is -2.42. The van der Waals surface area contributed by atoms with Crippen LogP contribution in [0.5, 0.6) is 5.75 Å². The first-order valence-electron chi connectivity index (χ1n) is 5.98. The van der Waals surface area contributed by atoms with Crippen molar-refractivity contribution in [3.05, 3.63) is 29.8 Å². The average molecular weight is 288 g/mol. The molecular weight excluding hydrogens is 277 g/mol. The smallest absolute Gasteiger partial charge is 0.479 e. The van der Waals surface area contributed by atoms with Gasteiger partial charge in [-0.1, -0.05) is 12.1 Å². The van der Waals surface area contributed by atoms with Crippen molar-refractivity contribution in [1.82, 2.24) is 0 Å². The van der Waals surface area contributed by atoms with Crippen molar-refractivity contribution in [3.63, 3.8) is 0 Å². The minimum atomic E-state index is -4.72. The fourth-order valence-corrected chi connectivity index (χ4v) is 3.03. The minimum Gasteiger partial charge on any atom is -0.479 e. The summed E-state index contributed by atoms with van der Waals surface area (Å²) in [5, 5.41) is 9.07. The van der Waals surface area contributed by atoms with Crippen molar-refractivity contribution in [1.29, 1.82) is 0 Å². The standard InChI is InChI=1S/C13H11F3O4/c14-13(15,16)20-9-3-1-8(2-4-9)11-5-12(6-11,10(17)18)19-7-11/h1-4H,5-7H2,(H,17,18). The summed E-state index contributed by atoms with van der Waals surface area (Å²) >= 11 is 0. The second kappa shape index (κ2) is 3.88. The Kier molecular flexibility index (Phi) is 2.57. The fraction of sp³-hybridized carbons (Fsp3) is 0.462. The van der Waals surface area contributed by atoms with E-state index in [-0.39, 0.29) is 12.4 Å². The molecule has 0 atom stereocenters. The molecule has 0 unspecified atom stereocenters. The number of carbonyl (C=O) groups is 1. The van der Waals surface area contributed by atoms with Gasteiger partial charge in [-0.15, -0.1) is 13.2 Å². The molecule has 2 heterocycles. The predicted octanol–water partition coefficient (Wildman–Crippen LogP) is 2.47. The summed E-state index contributed by atoms with van der Waals surface area (Å²) in [7, 11) is 0. The van der Waals surface area contributed by atoms with E-state index in [1.54, 1.807) is 0 Å². The number of benzene rings is 1. The normalized spacial score (nSPS) is 31.8. The zero-order valence-corrected chi connectivity index (χ0v) is 10.2. The van der Waals surface area contributed by atoms with Gasteiger partial charge in [0.1, 0.15) is 5.75 Å². The Bertz CT molecular complexity index is 544. The number of ether oxygens (including phenoxy) is 2. The van der Waals surface area contributed by atoms with E-state index >= 15 is 0 Å². The molecule has 1 aliphatic carbocycles. The van der Waals surface area contributed by atoms with Gasteiger partial charge in [0.05, 0.1) is 6.61 Å². The first-order chi connectivity index (χ1) is 9.25. The van der Waals surface area contributed by atoms with Crippen LogP contribution in [0.1, 0.15) is 18.4 Å². The van der Waals surface area contributed by atoms with Gasteiger partial charge in [0, 0.05) is 5.41 Å². The van der Waals surface area contributed by atoms with E-state index in [4.69, 9.17) is 9.84 Å². The topological polar surface area (TPSA) is 55.8 Å². The number of alkyl halides is 3. The number of rotatable bonds is 3. The van der Waals surface area contributed by atoms with E-state index in [1.807, 2.05) is 0 Å². The highest BCUT2D eigenvalue weighted by Crippen LogP contribution is 2.59. The molecule has 2 bridgehead atoms. The van der Waals surface area contributed by atoms with Gasteiger partial charge >= 0.3 is 12.3 Å². The van der Waals surface area contributed by atoms with Gasteiger partial charge in [0.15, 0.2) is 5.60 Å². The second-order valence-electron chi connectivity index (χ2n) is 5.29. The van der Waals surface area contributed by atoms with Crippen LogP contribution >= 0.6 is 0 Å². The number of carboxylic acid groups (broad SMARTS) is 1. The molecular formula is C13H11F3O4. The van der Waals surface area contributed by atoms with Gasteiger partial charge < -0.3 is 14.6 Å². The van der Waals surface area contributed by atoms with Crippen LogP contribution in [0.2, 0.25) is 0 Å². The highest BCUT2D eigenvalue weighted by Gasteiger charge is 2.67. The van der Waals surface area contributed by atoms with Crippen LogP contribution in [0.3, 0.4) is 0 Å². The molecule has 1 saturated carbocycles. The summed E-state index contributed by atoms with van der Waals surface area (Å²) in [6.07, 6.45) is -4.01. The number of hydrogen-bond acceptors (Lipinski definition) is 3. The zero-order valence-electron chi connectivity index (χ0n) is 10.2. The molecule has 3 fully saturated rings. The lowest BCUT2D eigenvalue weighted by molar-refractivity contribution is -0.274. The Hall–Kier alpha value is -1.76. The SMILES string of the molecule is O=C(O)C12CC(c3ccc(OC(F)(F)F)cc3)(CO1)C2. The maximum Gasteiger partial charge on any atom is 0.573 e. The van der Waals surface area contributed by atoms with Gasteiger partial charge in [-0.2, -0.15) is 0 Å². The Morgan fingerprint density at radius 3 is 2.30 bits per heavy atom. The van der Waals surface area contributed by atoms with E-state index in [0.717, 1.165) is 5.56 Å². The van der Waals surface area contributed by atoms with Crippen molar-refractivity contribution < 1.29 is 32.5 Å². The molecule has 3 aliphatic rings. The molecule has 1 aromatic carbocycles. The first kappa shape index (κ1) is 13.2. The molecule has 2 saturated heterocycles.